The predicted octanol–water partition coefficient (Wildman–Crippen LogP) is 0.941. The second-order valence-corrected chi connectivity index (χ2v) is 4.04. The lowest BCUT2D eigenvalue weighted by atomic mass is 10.2. The molecule has 6 heteroatoms. The fraction of sp³-hybridized carbons (Fsp3) is 0.385. The normalized spacial score (nSPS) is 11.7. The van der Waals surface area contributed by atoms with Crippen LogP contribution in [0.25, 0.3) is 0 Å². The molecule has 104 valence electrons. The lowest BCUT2D eigenvalue weighted by Crippen LogP contribution is -2.39. The number of halogens is 1. The Hall–Kier alpha value is -1.95. The standard InChI is InChI=1S/C13H17FN2O3/c1-9(17)16-13(19-2)7-12(18)15-8-10-4-3-5-11(14)6-10/h3-6,13H,7-8H2,1-2H3,(H,15,18)(H,16,17)/t13-/m1/s1. The molecule has 2 N–H and O–H groups in total. The third kappa shape index (κ3) is 5.96. The molecule has 0 aliphatic heterocycles. The van der Waals surface area contributed by atoms with Crippen molar-refractivity contribution in [1.29, 1.82) is 0 Å². The second-order valence-electron chi connectivity index (χ2n) is 4.04. The van der Waals surface area contributed by atoms with Crippen LogP contribution in [0.1, 0.15) is 18.9 Å². The first-order valence-electron chi connectivity index (χ1n) is 5.82. The van der Waals surface area contributed by atoms with E-state index >= 15 is 0 Å². The first-order valence-corrected chi connectivity index (χ1v) is 5.82. The fourth-order valence-electron chi connectivity index (χ4n) is 1.51. The molecule has 0 aliphatic carbocycles. The van der Waals surface area contributed by atoms with E-state index in [2.05, 4.69) is 10.6 Å². The van der Waals surface area contributed by atoms with E-state index in [0.717, 1.165) is 0 Å². The Labute approximate surface area is 111 Å². The van der Waals surface area contributed by atoms with Gasteiger partial charge in [0.1, 0.15) is 12.0 Å². The highest BCUT2D eigenvalue weighted by atomic mass is 19.1. The summed E-state index contributed by atoms with van der Waals surface area (Å²) < 4.78 is 17.9. The number of hydrogen-bond acceptors (Lipinski definition) is 3. The molecule has 1 aromatic rings. The van der Waals surface area contributed by atoms with Gasteiger partial charge in [0.2, 0.25) is 11.8 Å². The van der Waals surface area contributed by atoms with E-state index in [-0.39, 0.29) is 30.6 Å². The maximum absolute atomic E-state index is 12.9. The van der Waals surface area contributed by atoms with E-state index in [1.165, 1.54) is 26.2 Å². The van der Waals surface area contributed by atoms with Crippen LogP contribution < -0.4 is 10.6 Å². The second kappa shape index (κ2) is 7.48. The number of carbonyl (C=O) groups is 2. The maximum atomic E-state index is 12.9. The van der Waals surface area contributed by atoms with Gasteiger partial charge in [-0.2, -0.15) is 0 Å². The topological polar surface area (TPSA) is 67.4 Å². The lowest BCUT2D eigenvalue weighted by Gasteiger charge is -2.15. The average Bonchev–Trinajstić information content (AvgIpc) is 2.35. The molecule has 0 saturated carbocycles. The van der Waals surface area contributed by atoms with Gasteiger partial charge in [-0.05, 0) is 17.7 Å². The van der Waals surface area contributed by atoms with Gasteiger partial charge in [-0.1, -0.05) is 12.1 Å². The van der Waals surface area contributed by atoms with Gasteiger partial charge in [0, 0.05) is 20.6 Å². The van der Waals surface area contributed by atoms with Gasteiger partial charge in [-0.25, -0.2) is 4.39 Å². The molecule has 5 nitrogen and oxygen atoms in total. The maximum Gasteiger partial charge on any atom is 0.224 e. The Morgan fingerprint density at radius 1 is 1.42 bits per heavy atom. The highest BCUT2D eigenvalue weighted by Crippen LogP contribution is 2.03. The van der Waals surface area contributed by atoms with Crippen LogP contribution in [-0.4, -0.2) is 25.2 Å². The van der Waals surface area contributed by atoms with Crippen LogP contribution in [0.4, 0.5) is 4.39 Å². The van der Waals surface area contributed by atoms with Crippen molar-refractivity contribution in [2.75, 3.05) is 7.11 Å². The van der Waals surface area contributed by atoms with Crippen molar-refractivity contribution in [3.63, 3.8) is 0 Å². The SMILES string of the molecule is CO[C@H](CC(=O)NCc1cccc(F)c1)NC(C)=O. The molecule has 0 saturated heterocycles. The summed E-state index contributed by atoms with van der Waals surface area (Å²) in [7, 11) is 1.40. The van der Waals surface area contributed by atoms with Gasteiger partial charge in [-0.15, -0.1) is 0 Å². The monoisotopic (exact) mass is 268 g/mol. The predicted molar refractivity (Wildman–Crippen MR) is 67.5 cm³/mol. The zero-order chi connectivity index (χ0) is 14.3. The van der Waals surface area contributed by atoms with Crippen LogP contribution in [0.2, 0.25) is 0 Å². The number of carbonyl (C=O) groups excluding carboxylic acids is 2. The van der Waals surface area contributed by atoms with Crippen molar-refractivity contribution < 1.29 is 18.7 Å². The Morgan fingerprint density at radius 2 is 2.16 bits per heavy atom. The van der Waals surface area contributed by atoms with Crippen molar-refractivity contribution in [3.05, 3.63) is 35.6 Å². The van der Waals surface area contributed by atoms with Gasteiger partial charge < -0.3 is 15.4 Å². The fourth-order valence-corrected chi connectivity index (χ4v) is 1.51. The van der Waals surface area contributed by atoms with Gasteiger partial charge >= 0.3 is 0 Å². The van der Waals surface area contributed by atoms with Gasteiger partial charge in [0.25, 0.3) is 0 Å². The van der Waals surface area contributed by atoms with Crippen molar-refractivity contribution in [2.24, 2.45) is 0 Å². The van der Waals surface area contributed by atoms with Crippen LogP contribution in [0.15, 0.2) is 24.3 Å². The van der Waals surface area contributed by atoms with Crippen LogP contribution in [0, 0.1) is 5.82 Å². The lowest BCUT2D eigenvalue weighted by molar-refractivity contribution is -0.127. The van der Waals surface area contributed by atoms with E-state index in [0.29, 0.717) is 5.56 Å². The Bertz CT molecular complexity index is 451. The van der Waals surface area contributed by atoms with Crippen LogP contribution in [0.5, 0.6) is 0 Å². The minimum absolute atomic E-state index is 0.00535. The molecule has 1 atom stereocenters. The number of amides is 2. The highest BCUT2D eigenvalue weighted by Gasteiger charge is 2.13. The van der Waals surface area contributed by atoms with Gasteiger partial charge in [0.15, 0.2) is 0 Å². The first kappa shape index (κ1) is 15.1. The van der Waals surface area contributed by atoms with E-state index < -0.39 is 6.23 Å². The molecular weight excluding hydrogens is 251 g/mol. The molecule has 1 rings (SSSR count). The average molecular weight is 268 g/mol. The summed E-state index contributed by atoms with van der Waals surface area (Å²) in [6.07, 6.45) is -0.657. The highest BCUT2D eigenvalue weighted by molar-refractivity contribution is 5.78. The first-order chi connectivity index (χ1) is 9.01. The Morgan fingerprint density at radius 3 is 2.74 bits per heavy atom. The van der Waals surface area contributed by atoms with Crippen LogP contribution in [0.3, 0.4) is 0 Å². The summed E-state index contributed by atoms with van der Waals surface area (Å²) in [6.45, 7) is 1.57. The van der Waals surface area contributed by atoms with Crippen LogP contribution >= 0.6 is 0 Å². The number of hydrogen-bond donors (Lipinski definition) is 2. The third-order valence-electron chi connectivity index (χ3n) is 2.40. The van der Waals surface area contributed by atoms with Gasteiger partial charge in [0.05, 0.1) is 6.42 Å². The molecule has 0 aromatic heterocycles. The quantitative estimate of drug-likeness (QED) is 0.755. The molecule has 0 fully saturated rings. The molecular formula is C13H17FN2O3. The molecule has 0 aliphatic rings. The summed E-state index contributed by atoms with van der Waals surface area (Å²) in [4.78, 5) is 22.5. The number of ether oxygens (including phenoxy) is 1. The number of rotatable bonds is 6. The molecule has 0 unspecified atom stereocenters. The zero-order valence-electron chi connectivity index (χ0n) is 10.9. The molecule has 0 spiro atoms. The van der Waals surface area contributed by atoms with E-state index in [1.807, 2.05) is 0 Å². The third-order valence-corrected chi connectivity index (χ3v) is 2.40. The zero-order valence-corrected chi connectivity index (χ0v) is 10.9. The number of methoxy groups -OCH3 is 1. The number of benzene rings is 1. The van der Waals surface area contributed by atoms with Gasteiger partial charge in [-0.3, -0.25) is 9.59 Å². The van der Waals surface area contributed by atoms with E-state index in [1.54, 1.807) is 12.1 Å². The van der Waals surface area contributed by atoms with Crippen molar-refractivity contribution >= 4 is 11.8 Å². The summed E-state index contributed by atoms with van der Waals surface area (Å²) in [5.74, 6) is -0.908. The summed E-state index contributed by atoms with van der Waals surface area (Å²) in [5, 5.41) is 5.11. The smallest absolute Gasteiger partial charge is 0.224 e. The molecule has 19 heavy (non-hydrogen) atoms. The Kier molecular flexibility index (Phi) is 5.95. The molecule has 2 amide bonds. The number of nitrogens with one attached hydrogen (secondary N) is 2. The minimum atomic E-state index is -0.662. The van der Waals surface area contributed by atoms with Crippen molar-refractivity contribution in [1.82, 2.24) is 10.6 Å². The molecule has 1 aromatic carbocycles. The Balaban J connectivity index is 2.40. The summed E-state index contributed by atoms with van der Waals surface area (Å²) in [6, 6.07) is 5.97. The van der Waals surface area contributed by atoms with E-state index in [4.69, 9.17) is 4.74 Å². The van der Waals surface area contributed by atoms with Crippen molar-refractivity contribution in [3.8, 4) is 0 Å². The largest absolute Gasteiger partial charge is 0.361 e. The molecule has 0 heterocycles. The summed E-state index contributed by atoms with van der Waals surface area (Å²) in [5.41, 5.74) is 0.668. The molecule has 0 bridgehead atoms. The summed E-state index contributed by atoms with van der Waals surface area (Å²) >= 11 is 0. The van der Waals surface area contributed by atoms with Crippen LogP contribution in [-0.2, 0) is 20.9 Å². The minimum Gasteiger partial charge on any atom is -0.361 e. The van der Waals surface area contributed by atoms with E-state index in [9.17, 15) is 14.0 Å². The molecule has 0 radical (unpaired) electrons. The van der Waals surface area contributed by atoms with Crippen molar-refractivity contribution in [2.45, 2.75) is 26.1 Å².